The SMILES string of the molecule is O=S1(=O)CCN2C=CC=C(Oc3ccc4ccc(OCC(F)(F)F)cc4c3)C2=N1. The minimum Gasteiger partial charge on any atom is -0.484 e. The van der Waals surface area contributed by atoms with Crippen LogP contribution in [0.4, 0.5) is 13.2 Å². The van der Waals surface area contributed by atoms with Crippen molar-refractivity contribution in [1.29, 1.82) is 0 Å². The van der Waals surface area contributed by atoms with Gasteiger partial charge in [0.1, 0.15) is 11.5 Å². The van der Waals surface area contributed by atoms with Crippen LogP contribution >= 0.6 is 0 Å². The van der Waals surface area contributed by atoms with E-state index < -0.39 is 22.8 Å². The highest BCUT2D eigenvalue weighted by atomic mass is 32.2. The van der Waals surface area contributed by atoms with Crippen LogP contribution in [0.15, 0.2) is 64.9 Å². The maximum absolute atomic E-state index is 12.4. The predicted molar refractivity (Wildman–Crippen MR) is 101 cm³/mol. The molecule has 0 saturated heterocycles. The molecular weight excluding hydrogens is 409 g/mol. The van der Waals surface area contributed by atoms with E-state index in [1.54, 1.807) is 47.5 Å². The lowest BCUT2D eigenvalue weighted by atomic mass is 10.1. The molecule has 2 aromatic rings. The molecule has 0 spiro atoms. The van der Waals surface area contributed by atoms with Gasteiger partial charge in [-0.25, -0.2) is 8.42 Å². The monoisotopic (exact) mass is 424 g/mol. The van der Waals surface area contributed by atoms with E-state index in [1.165, 1.54) is 12.1 Å². The number of amidine groups is 1. The van der Waals surface area contributed by atoms with Gasteiger partial charge in [0.05, 0.1) is 5.75 Å². The van der Waals surface area contributed by atoms with Gasteiger partial charge in [-0.2, -0.15) is 13.2 Å². The summed E-state index contributed by atoms with van der Waals surface area (Å²) in [5, 5.41) is 1.40. The highest BCUT2D eigenvalue weighted by molar-refractivity contribution is 7.90. The Morgan fingerprint density at radius 2 is 1.79 bits per heavy atom. The summed E-state index contributed by atoms with van der Waals surface area (Å²) < 4.78 is 75.1. The van der Waals surface area contributed by atoms with Gasteiger partial charge in [-0.1, -0.05) is 12.1 Å². The first-order valence-corrected chi connectivity index (χ1v) is 10.2. The lowest BCUT2D eigenvalue weighted by Gasteiger charge is -2.28. The Morgan fingerprint density at radius 1 is 1.07 bits per heavy atom. The summed E-state index contributed by atoms with van der Waals surface area (Å²) in [6, 6.07) is 9.65. The zero-order chi connectivity index (χ0) is 20.6. The fourth-order valence-corrected chi connectivity index (χ4v) is 3.89. The number of rotatable bonds is 4. The molecule has 6 nitrogen and oxygen atoms in total. The number of sulfonamides is 1. The van der Waals surface area contributed by atoms with Crippen molar-refractivity contribution in [2.75, 3.05) is 18.9 Å². The molecule has 4 rings (SSSR count). The first-order chi connectivity index (χ1) is 13.7. The zero-order valence-corrected chi connectivity index (χ0v) is 15.7. The molecule has 0 saturated carbocycles. The molecule has 2 aliphatic heterocycles. The van der Waals surface area contributed by atoms with Crippen LogP contribution in [0.3, 0.4) is 0 Å². The Labute approximate surface area is 164 Å². The van der Waals surface area contributed by atoms with E-state index in [-0.39, 0.29) is 29.6 Å². The molecule has 0 unspecified atom stereocenters. The van der Waals surface area contributed by atoms with E-state index in [1.807, 2.05) is 0 Å². The quantitative estimate of drug-likeness (QED) is 0.750. The Hall–Kier alpha value is -3.01. The summed E-state index contributed by atoms with van der Waals surface area (Å²) in [6.07, 6.45) is 0.610. The van der Waals surface area contributed by atoms with E-state index in [0.29, 0.717) is 11.1 Å². The first-order valence-electron chi connectivity index (χ1n) is 8.58. The Kier molecular flexibility index (Phi) is 4.73. The number of hydrogen-bond donors (Lipinski definition) is 0. The number of halogens is 3. The van der Waals surface area contributed by atoms with Gasteiger partial charge in [-0.3, -0.25) is 0 Å². The van der Waals surface area contributed by atoms with Crippen molar-refractivity contribution in [2.45, 2.75) is 6.18 Å². The number of benzene rings is 2. The summed E-state index contributed by atoms with van der Waals surface area (Å²) in [5.41, 5.74) is 0. The lowest BCUT2D eigenvalue weighted by Crippen LogP contribution is -2.39. The lowest BCUT2D eigenvalue weighted by molar-refractivity contribution is -0.153. The standard InChI is InChI=1S/C19H15F3N2O4S/c20-19(21,22)12-27-15-5-3-13-4-6-16(11-14(13)10-15)28-17-2-1-7-24-8-9-29(25,26)23-18(17)24/h1-7,10-11H,8-9,12H2. The molecule has 0 N–H and O–H groups in total. The smallest absolute Gasteiger partial charge is 0.422 e. The normalized spacial score (nSPS) is 18.1. The zero-order valence-electron chi connectivity index (χ0n) is 14.9. The van der Waals surface area contributed by atoms with E-state index in [4.69, 9.17) is 9.47 Å². The van der Waals surface area contributed by atoms with Crippen molar-refractivity contribution in [3.05, 3.63) is 60.5 Å². The van der Waals surface area contributed by atoms with Gasteiger partial charge < -0.3 is 14.4 Å². The molecule has 0 aromatic heterocycles. The van der Waals surface area contributed by atoms with E-state index >= 15 is 0 Å². The van der Waals surface area contributed by atoms with Gasteiger partial charge in [-0.05, 0) is 47.2 Å². The molecule has 29 heavy (non-hydrogen) atoms. The number of fused-ring (bicyclic) bond motifs is 2. The van der Waals surface area contributed by atoms with Crippen LogP contribution in [0.2, 0.25) is 0 Å². The van der Waals surface area contributed by atoms with Crippen LogP contribution in [-0.4, -0.2) is 44.2 Å². The second-order valence-corrected chi connectivity index (χ2v) is 8.20. The molecule has 10 heteroatoms. The van der Waals surface area contributed by atoms with Crippen LogP contribution < -0.4 is 9.47 Å². The van der Waals surface area contributed by atoms with Crippen molar-refractivity contribution in [3.8, 4) is 11.5 Å². The van der Waals surface area contributed by atoms with E-state index in [0.717, 1.165) is 5.39 Å². The van der Waals surface area contributed by atoms with Crippen molar-refractivity contribution in [1.82, 2.24) is 4.90 Å². The van der Waals surface area contributed by atoms with Crippen molar-refractivity contribution in [3.63, 3.8) is 0 Å². The minimum absolute atomic E-state index is 0.0786. The number of nitrogens with zero attached hydrogens (tertiary/aromatic N) is 2. The van der Waals surface area contributed by atoms with Gasteiger partial charge in [-0.15, -0.1) is 4.40 Å². The summed E-state index contributed by atoms with van der Waals surface area (Å²) in [4.78, 5) is 1.68. The molecule has 0 amide bonds. The van der Waals surface area contributed by atoms with E-state index in [9.17, 15) is 21.6 Å². The molecule has 0 radical (unpaired) electrons. The molecule has 2 aromatic carbocycles. The molecule has 0 bridgehead atoms. The Bertz CT molecular complexity index is 1150. The minimum atomic E-state index is -4.42. The third-order valence-corrected chi connectivity index (χ3v) is 5.38. The van der Waals surface area contributed by atoms with E-state index in [2.05, 4.69) is 4.40 Å². The van der Waals surface area contributed by atoms with Crippen LogP contribution in [0, 0.1) is 0 Å². The summed E-state index contributed by atoms with van der Waals surface area (Å²) >= 11 is 0. The van der Waals surface area contributed by atoms with Crippen molar-refractivity contribution in [2.24, 2.45) is 4.40 Å². The summed E-state index contributed by atoms with van der Waals surface area (Å²) in [5.74, 6) is 0.851. The molecule has 2 aliphatic rings. The summed E-state index contributed by atoms with van der Waals surface area (Å²) in [6.45, 7) is -1.10. The maximum atomic E-state index is 12.4. The number of ether oxygens (including phenoxy) is 2. The van der Waals surface area contributed by atoms with Crippen molar-refractivity contribution >= 4 is 26.6 Å². The molecule has 152 valence electrons. The number of allylic oxidation sites excluding steroid dienone is 2. The number of hydrogen-bond acceptors (Lipinski definition) is 5. The second kappa shape index (κ2) is 7.11. The van der Waals surface area contributed by atoms with Crippen LogP contribution in [0.25, 0.3) is 10.8 Å². The molecule has 2 heterocycles. The third kappa shape index (κ3) is 4.53. The molecule has 0 aliphatic carbocycles. The van der Waals surface area contributed by atoms with Gasteiger partial charge in [0.25, 0.3) is 10.0 Å². The third-order valence-electron chi connectivity index (χ3n) is 4.24. The second-order valence-electron chi connectivity index (χ2n) is 6.44. The summed E-state index contributed by atoms with van der Waals surface area (Å²) in [7, 11) is -3.55. The highest BCUT2D eigenvalue weighted by Crippen LogP contribution is 2.28. The Balaban J connectivity index is 1.60. The Morgan fingerprint density at radius 3 is 2.55 bits per heavy atom. The highest BCUT2D eigenvalue weighted by Gasteiger charge is 2.29. The molecular formula is C19H15F3N2O4S. The molecule has 0 fully saturated rings. The first kappa shape index (κ1) is 19.3. The average molecular weight is 424 g/mol. The van der Waals surface area contributed by atoms with Crippen LogP contribution in [-0.2, 0) is 10.0 Å². The van der Waals surface area contributed by atoms with Crippen LogP contribution in [0.5, 0.6) is 11.5 Å². The maximum Gasteiger partial charge on any atom is 0.422 e. The predicted octanol–water partition coefficient (Wildman–Crippen LogP) is 3.61. The fraction of sp³-hybridized carbons (Fsp3) is 0.211. The van der Waals surface area contributed by atoms with Crippen LogP contribution in [0.1, 0.15) is 0 Å². The number of alkyl halides is 3. The van der Waals surface area contributed by atoms with Gasteiger partial charge in [0.15, 0.2) is 18.2 Å². The molecule has 0 atom stereocenters. The van der Waals surface area contributed by atoms with Crippen molar-refractivity contribution < 1.29 is 31.1 Å². The van der Waals surface area contributed by atoms with Gasteiger partial charge in [0.2, 0.25) is 0 Å². The topological polar surface area (TPSA) is 68.2 Å². The fourth-order valence-electron chi connectivity index (χ4n) is 2.92. The average Bonchev–Trinajstić information content (AvgIpc) is 2.65. The van der Waals surface area contributed by atoms with Gasteiger partial charge >= 0.3 is 6.18 Å². The van der Waals surface area contributed by atoms with Gasteiger partial charge in [0, 0.05) is 12.7 Å². The largest absolute Gasteiger partial charge is 0.484 e.